The largest absolute Gasteiger partial charge is 0.863 e. The highest BCUT2D eigenvalue weighted by Crippen LogP contribution is 2.38. The Bertz CT molecular complexity index is 1460. The van der Waals surface area contributed by atoms with Gasteiger partial charge in [0.05, 0.1) is 71.7 Å². The summed E-state index contributed by atoms with van der Waals surface area (Å²) < 4.78 is 0. The summed E-state index contributed by atoms with van der Waals surface area (Å²) in [5.41, 5.74) is -5.14. The third kappa shape index (κ3) is 10.0. The minimum atomic E-state index is -1.46. The Morgan fingerprint density at radius 3 is 1.27 bits per heavy atom. The van der Waals surface area contributed by atoms with Gasteiger partial charge in [-0.05, 0) is 23.7 Å². The minimum Gasteiger partial charge on any atom is -0.863 e. The van der Waals surface area contributed by atoms with Gasteiger partial charge in [-0.1, -0.05) is 6.07 Å². The van der Waals surface area contributed by atoms with Gasteiger partial charge in [-0.15, -0.1) is 0 Å². The fourth-order valence-electron chi connectivity index (χ4n) is 3.68. The summed E-state index contributed by atoms with van der Waals surface area (Å²) in [5.74, 6) is 1.47. The monoisotopic (exact) mass is 651 g/mol. The van der Waals surface area contributed by atoms with Crippen molar-refractivity contribution in [2.24, 2.45) is 0 Å². The number of rotatable bonds is 9. The topological polar surface area (TPSA) is 319 Å². The van der Waals surface area contributed by atoms with Crippen molar-refractivity contribution in [1.82, 2.24) is 0 Å². The Morgan fingerprint density at radius 2 is 0.978 bits per heavy atom. The first-order chi connectivity index (χ1) is 21.1. The lowest BCUT2D eigenvalue weighted by Gasteiger charge is -2.06. The number of aromatic nitrogens is 1. The lowest BCUT2D eigenvalue weighted by molar-refractivity contribution is -0.420. The van der Waals surface area contributed by atoms with Crippen molar-refractivity contribution in [1.29, 1.82) is 0 Å². The summed E-state index contributed by atoms with van der Waals surface area (Å²) >= 11 is 0. The zero-order valence-corrected chi connectivity index (χ0v) is 23.5. The first-order valence-corrected chi connectivity index (χ1v) is 14.0. The number of nitro groups is 6. The quantitative estimate of drug-likeness (QED) is 0.182. The van der Waals surface area contributed by atoms with Gasteiger partial charge >= 0.3 is 0 Å². The summed E-state index contributed by atoms with van der Waals surface area (Å²) in [6.45, 7) is 0. The number of nitrogens with zero attached hydrogens (tertiary/aromatic N) is 6. The van der Waals surface area contributed by atoms with E-state index >= 15 is 0 Å². The zero-order valence-electron chi connectivity index (χ0n) is 22.7. The van der Waals surface area contributed by atoms with Crippen molar-refractivity contribution in [2.45, 2.75) is 19.3 Å². The molecule has 4 rings (SSSR count). The molecule has 0 saturated carbocycles. The van der Waals surface area contributed by atoms with Crippen LogP contribution in [-0.2, 0) is 17.3 Å². The number of aryl methyl sites for hydroxylation is 1. The highest BCUT2D eigenvalue weighted by atomic mass is 32.2. The van der Waals surface area contributed by atoms with Gasteiger partial charge in [0.15, 0.2) is 11.9 Å². The van der Waals surface area contributed by atoms with E-state index in [1.807, 2.05) is 12.3 Å². The van der Waals surface area contributed by atoms with E-state index in [0.717, 1.165) is 10.9 Å². The van der Waals surface area contributed by atoms with E-state index in [-0.39, 0.29) is 0 Å². The van der Waals surface area contributed by atoms with Crippen LogP contribution in [0.2, 0.25) is 0 Å². The van der Waals surface area contributed by atoms with Crippen LogP contribution in [0.15, 0.2) is 48.7 Å². The molecule has 0 bridgehead atoms. The minimum absolute atomic E-state index is 0.384. The molecule has 238 valence electrons. The summed E-state index contributed by atoms with van der Waals surface area (Å²) in [7, 11) is 0.752. The molecule has 45 heavy (non-hydrogen) atoms. The molecule has 0 atom stereocenters. The van der Waals surface area contributed by atoms with Crippen LogP contribution in [0.3, 0.4) is 0 Å². The molecule has 3 aromatic rings. The van der Waals surface area contributed by atoms with E-state index < -0.39 is 75.2 Å². The molecule has 2 aromatic carbocycles. The van der Waals surface area contributed by atoms with Crippen molar-refractivity contribution in [2.75, 3.05) is 17.3 Å². The molecule has 22 heteroatoms. The first kappa shape index (κ1) is 35.1. The van der Waals surface area contributed by atoms with Crippen LogP contribution in [0.4, 0.5) is 34.1 Å². The number of nitro benzene ring substituents is 6. The summed E-state index contributed by atoms with van der Waals surface area (Å²) in [6, 6.07) is 7.89. The number of aromatic amines is 1. The third-order valence-corrected chi connectivity index (χ3v) is 8.34. The van der Waals surface area contributed by atoms with Crippen LogP contribution in [0.5, 0.6) is 11.5 Å². The number of H-pyrrole nitrogens is 1. The highest BCUT2D eigenvalue weighted by Gasteiger charge is 2.26. The van der Waals surface area contributed by atoms with Crippen LogP contribution in [0.25, 0.3) is 0 Å². The number of pyridine rings is 1. The second-order valence-electron chi connectivity index (χ2n) is 8.74. The molecule has 0 amide bonds. The molecular formula is C23H21N7O14S. The fourth-order valence-corrected chi connectivity index (χ4v) is 6.03. The zero-order chi connectivity index (χ0) is 33.8. The fraction of sp³-hybridized carbons (Fsp3) is 0.261. The van der Waals surface area contributed by atoms with Gasteiger partial charge in [0.2, 0.25) is 0 Å². The summed E-state index contributed by atoms with van der Waals surface area (Å²) in [6.07, 6.45) is 6.21. The number of nitrogens with one attached hydrogen (secondary N) is 1. The van der Waals surface area contributed by atoms with Gasteiger partial charge in [0, 0.05) is 12.1 Å². The van der Waals surface area contributed by atoms with E-state index in [0.29, 0.717) is 24.3 Å². The van der Waals surface area contributed by atoms with Crippen LogP contribution in [0, 0.1) is 60.7 Å². The first-order valence-electron chi connectivity index (χ1n) is 12.3. The Labute approximate surface area is 253 Å². The van der Waals surface area contributed by atoms with E-state index in [9.17, 15) is 70.9 Å². The van der Waals surface area contributed by atoms with Crippen LogP contribution >= 0.6 is 0 Å². The molecule has 21 nitrogen and oxygen atoms in total. The molecule has 1 aliphatic heterocycles. The lowest BCUT2D eigenvalue weighted by Crippen LogP contribution is -2.16. The maximum Gasteiger partial charge on any atom is 0.283 e. The van der Waals surface area contributed by atoms with E-state index in [2.05, 4.69) is 17.1 Å². The van der Waals surface area contributed by atoms with Gasteiger partial charge < -0.3 is 10.2 Å². The molecule has 2 heterocycles. The number of benzene rings is 2. The van der Waals surface area contributed by atoms with Gasteiger partial charge in [-0.3, -0.25) is 60.7 Å². The van der Waals surface area contributed by atoms with Crippen LogP contribution in [0.1, 0.15) is 18.5 Å². The maximum absolute atomic E-state index is 11.1. The van der Waals surface area contributed by atoms with Gasteiger partial charge in [0.25, 0.3) is 34.1 Å². The molecule has 0 spiro atoms. The highest BCUT2D eigenvalue weighted by molar-refractivity contribution is 7.97. The van der Waals surface area contributed by atoms with Crippen LogP contribution in [-0.4, -0.2) is 46.8 Å². The second-order valence-corrected chi connectivity index (χ2v) is 11.2. The molecular weight excluding hydrogens is 630 g/mol. The number of non-ortho nitro benzene ring substituents is 2. The predicted molar refractivity (Wildman–Crippen MR) is 150 cm³/mol. The van der Waals surface area contributed by atoms with E-state index in [4.69, 9.17) is 0 Å². The van der Waals surface area contributed by atoms with Gasteiger partial charge in [-0.25, -0.2) is 4.98 Å². The molecule has 0 radical (unpaired) electrons. The lowest BCUT2D eigenvalue weighted by atomic mass is 10.2. The van der Waals surface area contributed by atoms with E-state index in [1.165, 1.54) is 42.2 Å². The predicted octanol–water partition coefficient (Wildman–Crippen LogP) is 2.42. The van der Waals surface area contributed by atoms with Gasteiger partial charge in [-0.2, -0.15) is 0 Å². The number of hydrogen-bond acceptors (Lipinski definition) is 14. The molecule has 1 N–H and O–H groups in total. The average Bonchev–Trinajstić information content (AvgIpc) is 3.50. The normalized spacial score (nSPS) is 12.1. The van der Waals surface area contributed by atoms with Crippen molar-refractivity contribution < 1.29 is 44.7 Å². The van der Waals surface area contributed by atoms with Gasteiger partial charge in [0.1, 0.15) is 17.3 Å². The standard InChI is InChI=1S/C11H16NS.2C6H3N3O7/c1-2-7-12-11(5-1)6-10-13-8-3-4-9-13;2*10-6-4(8(13)14)1-3(7(11)12)2-5(6)9(15)16/h1-2,5,7H,3-4,6,8-10H2;2*1-2,10H/q+1;;/p-1. The Balaban J connectivity index is 0.000000236. The van der Waals surface area contributed by atoms with E-state index in [1.54, 1.807) is 0 Å². The Hall–Kier alpha value is -6.06. The molecule has 1 aliphatic rings. The molecule has 1 aromatic heterocycles. The van der Waals surface area contributed by atoms with Crippen molar-refractivity contribution in [3.8, 4) is 11.5 Å². The average molecular weight is 652 g/mol. The van der Waals surface area contributed by atoms with Crippen molar-refractivity contribution in [3.05, 3.63) is 115 Å². The molecule has 1 fully saturated rings. The third-order valence-electron chi connectivity index (χ3n) is 5.83. The number of hydrogen-bond donors (Lipinski definition) is 0. The Morgan fingerprint density at radius 1 is 0.600 bits per heavy atom. The smallest absolute Gasteiger partial charge is 0.283 e. The van der Waals surface area contributed by atoms with Crippen molar-refractivity contribution >= 4 is 45.0 Å². The molecule has 1 saturated heterocycles. The summed E-state index contributed by atoms with van der Waals surface area (Å²) in [4.78, 5) is 58.3. The second kappa shape index (κ2) is 16.0. The van der Waals surface area contributed by atoms with Crippen LogP contribution < -0.4 is 15.2 Å². The molecule has 0 unspecified atom stereocenters. The SMILES string of the molecule is O=[N+]([O-])c1cc([N+](=O)[O-])c([O-])c([N+](=O)[O-])c1.O=[N+]([O-])c1cc([N+](=O)[O-])c([O-])c([N+](=O)[O-])c1.c1ccc(CC[S+]2CCCC2)[nH+]c1. The Kier molecular flexibility index (Phi) is 12.5. The molecule has 0 aliphatic carbocycles. The summed E-state index contributed by atoms with van der Waals surface area (Å²) in [5, 5.41) is 84.2. The van der Waals surface area contributed by atoms with Crippen molar-refractivity contribution in [3.63, 3.8) is 0 Å². The maximum atomic E-state index is 11.1.